The van der Waals surface area contributed by atoms with Crippen LogP contribution in [0.15, 0.2) is 4.99 Å². The van der Waals surface area contributed by atoms with Gasteiger partial charge in [-0.1, -0.05) is 13.8 Å². The van der Waals surface area contributed by atoms with Crippen LogP contribution in [0.25, 0.3) is 0 Å². The van der Waals surface area contributed by atoms with E-state index in [1.165, 1.54) is 0 Å². The number of primary amides is 1. The lowest BCUT2D eigenvalue weighted by atomic mass is 10.0. The number of amides is 4. The van der Waals surface area contributed by atoms with Gasteiger partial charge in [-0.25, -0.2) is 4.79 Å². The maximum Gasteiger partial charge on any atom is 0.326 e. The van der Waals surface area contributed by atoms with E-state index in [0.29, 0.717) is 6.42 Å². The lowest BCUT2D eigenvalue weighted by molar-refractivity contribution is -0.143. The molecule has 0 saturated heterocycles. The van der Waals surface area contributed by atoms with Crippen molar-refractivity contribution in [3.63, 3.8) is 0 Å². The van der Waals surface area contributed by atoms with Gasteiger partial charge < -0.3 is 49.1 Å². The maximum absolute atomic E-state index is 12.9. The van der Waals surface area contributed by atoms with E-state index >= 15 is 0 Å². The molecule has 0 saturated carbocycles. The number of nitrogens with zero attached hydrogens (tertiary/aromatic N) is 1. The Hall–Kier alpha value is -3.95. The molecule has 0 bridgehead atoms. The van der Waals surface area contributed by atoms with Crippen molar-refractivity contribution < 1.29 is 39.0 Å². The number of guanidine groups is 1. The van der Waals surface area contributed by atoms with Gasteiger partial charge in [0.1, 0.15) is 18.1 Å². The minimum absolute atomic E-state index is 0.101. The smallest absolute Gasteiger partial charge is 0.326 e. The molecule has 204 valence electrons. The molecule has 0 rings (SSSR count). The number of carbonyl (C=O) groups excluding carboxylic acids is 4. The van der Waals surface area contributed by atoms with Crippen LogP contribution in [0.5, 0.6) is 0 Å². The van der Waals surface area contributed by atoms with E-state index in [-0.39, 0.29) is 18.9 Å². The molecule has 4 atom stereocenters. The van der Waals surface area contributed by atoms with E-state index in [2.05, 4.69) is 20.9 Å². The highest BCUT2D eigenvalue weighted by Crippen LogP contribution is 2.06. The van der Waals surface area contributed by atoms with E-state index in [0.717, 1.165) is 0 Å². The van der Waals surface area contributed by atoms with Gasteiger partial charge in [0.25, 0.3) is 0 Å². The molecule has 13 N–H and O–H groups in total. The summed E-state index contributed by atoms with van der Waals surface area (Å²) >= 11 is 0. The highest BCUT2D eigenvalue weighted by molar-refractivity contribution is 5.96. The number of aliphatic carboxylic acids is 2. The third-order valence-electron chi connectivity index (χ3n) is 4.85. The summed E-state index contributed by atoms with van der Waals surface area (Å²) in [5, 5.41) is 24.8. The largest absolute Gasteiger partial charge is 0.481 e. The fourth-order valence-electron chi connectivity index (χ4n) is 2.92. The monoisotopic (exact) mass is 516 g/mol. The summed E-state index contributed by atoms with van der Waals surface area (Å²) in [5.74, 6) is -6.88. The summed E-state index contributed by atoms with van der Waals surface area (Å²) in [4.78, 5) is 75.3. The average molecular weight is 517 g/mol. The normalized spacial score (nSPS) is 14.0. The topological polar surface area (TPSA) is 295 Å². The highest BCUT2D eigenvalue weighted by atomic mass is 16.4. The highest BCUT2D eigenvalue weighted by Gasteiger charge is 2.32. The molecule has 4 unspecified atom stereocenters. The van der Waals surface area contributed by atoms with E-state index in [4.69, 9.17) is 28.0 Å². The number of hydrogen-bond donors (Lipinski definition) is 9. The zero-order valence-corrected chi connectivity index (χ0v) is 20.2. The quantitative estimate of drug-likeness (QED) is 0.0514. The minimum atomic E-state index is -1.58. The van der Waals surface area contributed by atoms with Crippen LogP contribution in [0.1, 0.15) is 46.0 Å². The minimum Gasteiger partial charge on any atom is -0.481 e. The molecule has 36 heavy (non-hydrogen) atoms. The number of aliphatic imine (C=N–C) groups is 1. The van der Waals surface area contributed by atoms with Crippen LogP contribution in [0.3, 0.4) is 0 Å². The maximum atomic E-state index is 12.9. The fourth-order valence-corrected chi connectivity index (χ4v) is 2.92. The van der Waals surface area contributed by atoms with E-state index < -0.39 is 84.9 Å². The third kappa shape index (κ3) is 13.1. The van der Waals surface area contributed by atoms with Gasteiger partial charge in [0, 0.05) is 13.0 Å². The summed E-state index contributed by atoms with van der Waals surface area (Å²) in [6.45, 7) is 3.49. The van der Waals surface area contributed by atoms with Crippen LogP contribution in [0.2, 0.25) is 0 Å². The van der Waals surface area contributed by atoms with Gasteiger partial charge >= 0.3 is 11.9 Å². The van der Waals surface area contributed by atoms with Crippen molar-refractivity contribution in [1.82, 2.24) is 16.0 Å². The Morgan fingerprint density at radius 3 is 1.89 bits per heavy atom. The average Bonchev–Trinajstić information content (AvgIpc) is 2.75. The Morgan fingerprint density at radius 2 is 1.42 bits per heavy atom. The molecule has 0 aromatic carbocycles. The lowest BCUT2D eigenvalue weighted by Gasteiger charge is -2.26. The van der Waals surface area contributed by atoms with Crippen LogP contribution in [-0.4, -0.2) is 82.5 Å². The SMILES string of the molecule is CC(C)C(NC(=O)C(N)CCCN=C(N)N)C(=O)NC(CC(N)=O)C(=O)NC(CCC(=O)O)C(=O)O. The lowest BCUT2D eigenvalue weighted by Crippen LogP contribution is -2.59. The Balaban J connectivity index is 5.35. The first kappa shape index (κ1) is 32.0. The predicted octanol–water partition coefficient (Wildman–Crippen LogP) is -3.70. The fraction of sp³-hybridized carbons (Fsp3) is 0.650. The molecular weight excluding hydrogens is 480 g/mol. The number of nitrogens with one attached hydrogen (secondary N) is 3. The zero-order valence-electron chi connectivity index (χ0n) is 20.2. The van der Waals surface area contributed by atoms with Crippen molar-refractivity contribution in [2.75, 3.05) is 6.54 Å². The molecule has 0 aromatic heterocycles. The molecule has 0 aromatic rings. The molecule has 16 nitrogen and oxygen atoms in total. The summed E-state index contributed by atoms with van der Waals surface area (Å²) in [6.07, 6.45) is -1.03. The van der Waals surface area contributed by atoms with E-state index in [9.17, 15) is 33.9 Å². The molecule has 0 radical (unpaired) electrons. The predicted molar refractivity (Wildman–Crippen MR) is 127 cm³/mol. The summed E-state index contributed by atoms with van der Waals surface area (Å²) in [7, 11) is 0. The van der Waals surface area contributed by atoms with Crippen LogP contribution in [-0.2, 0) is 28.8 Å². The van der Waals surface area contributed by atoms with E-state index in [1.807, 2.05) is 0 Å². The number of hydrogen-bond acceptors (Lipinski definition) is 8. The molecule has 0 heterocycles. The van der Waals surface area contributed by atoms with Gasteiger partial charge in [0.05, 0.1) is 12.5 Å². The van der Waals surface area contributed by atoms with Crippen molar-refractivity contribution in [1.29, 1.82) is 0 Å². The van der Waals surface area contributed by atoms with Gasteiger partial charge in [-0.05, 0) is 25.2 Å². The first-order valence-electron chi connectivity index (χ1n) is 11.1. The zero-order chi connectivity index (χ0) is 28.0. The van der Waals surface area contributed by atoms with Gasteiger partial charge in [-0.2, -0.15) is 0 Å². The van der Waals surface area contributed by atoms with Gasteiger partial charge in [0.2, 0.25) is 23.6 Å². The molecule has 4 amide bonds. The van der Waals surface area contributed by atoms with E-state index in [1.54, 1.807) is 13.8 Å². The Bertz CT molecular complexity index is 844. The molecule has 0 fully saturated rings. The Morgan fingerprint density at radius 1 is 0.833 bits per heavy atom. The van der Waals surface area contributed by atoms with Crippen molar-refractivity contribution in [3.05, 3.63) is 0 Å². The molecule has 0 aliphatic heterocycles. The second-order valence-electron chi connectivity index (χ2n) is 8.35. The van der Waals surface area contributed by atoms with Crippen molar-refractivity contribution >= 4 is 41.5 Å². The molecule has 0 aliphatic carbocycles. The number of nitrogens with two attached hydrogens (primary N) is 4. The number of carboxylic acids is 2. The number of carbonyl (C=O) groups is 6. The van der Waals surface area contributed by atoms with Crippen LogP contribution in [0.4, 0.5) is 0 Å². The van der Waals surface area contributed by atoms with Crippen LogP contribution >= 0.6 is 0 Å². The number of carboxylic acid groups (broad SMARTS) is 2. The van der Waals surface area contributed by atoms with Crippen LogP contribution in [0, 0.1) is 5.92 Å². The molecule has 0 spiro atoms. The summed E-state index contributed by atoms with van der Waals surface area (Å²) < 4.78 is 0. The van der Waals surface area contributed by atoms with Gasteiger partial charge in [-0.15, -0.1) is 0 Å². The molecule has 16 heteroatoms. The first-order valence-corrected chi connectivity index (χ1v) is 11.1. The van der Waals surface area contributed by atoms with Gasteiger partial charge in [0.15, 0.2) is 5.96 Å². The number of rotatable bonds is 17. The van der Waals surface area contributed by atoms with Gasteiger partial charge in [-0.3, -0.25) is 29.0 Å². The second-order valence-corrected chi connectivity index (χ2v) is 8.35. The Labute approximate surface area is 207 Å². The summed E-state index contributed by atoms with van der Waals surface area (Å²) in [5.41, 5.74) is 21.5. The van der Waals surface area contributed by atoms with Crippen molar-refractivity contribution in [2.24, 2.45) is 33.8 Å². The third-order valence-corrected chi connectivity index (χ3v) is 4.85. The van der Waals surface area contributed by atoms with Crippen LogP contribution < -0.4 is 38.9 Å². The molecular formula is C20H36N8O8. The second kappa shape index (κ2) is 15.9. The first-order chi connectivity index (χ1) is 16.6. The van der Waals surface area contributed by atoms with Crippen molar-refractivity contribution in [2.45, 2.75) is 70.1 Å². The van der Waals surface area contributed by atoms with Crippen molar-refractivity contribution in [3.8, 4) is 0 Å². The standard InChI is InChI=1S/C20H36N8O8/c1-9(2)15(28-16(32)10(21)4-3-7-25-20(23)24)18(34)27-12(8-13(22)29)17(33)26-11(19(35)36)5-6-14(30)31/h9-12,15H,3-8,21H2,1-2H3,(H2,22,29)(H,26,33)(H,27,34)(H,28,32)(H,30,31)(H,35,36)(H4,23,24,25). The Kier molecular flexibility index (Phi) is 14.1. The summed E-state index contributed by atoms with van der Waals surface area (Å²) in [6, 6.07) is -5.30. The molecule has 0 aliphatic rings.